The van der Waals surface area contributed by atoms with Crippen LogP contribution in [0.4, 0.5) is 11.4 Å². The first-order valence-electron chi connectivity index (χ1n) is 7.16. The van der Waals surface area contributed by atoms with Crippen LogP contribution in [0.3, 0.4) is 0 Å². The van der Waals surface area contributed by atoms with Crippen molar-refractivity contribution in [3.05, 3.63) is 47.5 Å². The number of hydrogen-bond acceptors (Lipinski definition) is 4. The van der Waals surface area contributed by atoms with Crippen LogP contribution in [0, 0.1) is 0 Å². The summed E-state index contributed by atoms with van der Waals surface area (Å²) in [4.78, 5) is 28.7. The summed E-state index contributed by atoms with van der Waals surface area (Å²) < 4.78 is 0. The van der Waals surface area contributed by atoms with E-state index >= 15 is 0 Å². The largest absolute Gasteiger partial charge is 0.240 e. The summed E-state index contributed by atoms with van der Waals surface area (Å²) in [5, 5.41) is 0. The van der Waals surface area contributed by atoms with Gasteiger partial charge in [-0.05, 0) is 41.2 Å². The van der Waals surface area contributed by atoms with Crippen LogP contribution in [-0.4, -0.2) is 12.2 Å². The fourth-order valence-corrected chi connectivity index (χ4v) is 2.64. The van der Waals surface area contributed by atoms with Crippen LogP contribution in [-0.2, 0) is 22.4 Å². The molecule has 0 bridgehead atoms. The summed E-state index contributed by atoms with van der Waals surface area (Å²) in [5.41, 5.74) is 4.92. The minimum atomic E-state index is 0.341. The molecule has 0 unspecified atom stereocenters. The lowest BCUT2D eigenvalue weighted by Crippen LogP contribution is -1.93. The first kappa shape index (κ1) is 15.6. The van der Waals surface area contributed by atoms with Crippen LogP contribution in [0.1, 0.15) is 25.0 Å². The summed E-state index contributed by atoms with van der Waals surface area (Å²) >= 11 is 0. The molecule has 0 radical (unpaired) electrons. The molecule has 0 atom stereocenters. The number of aliphatic imine (C=N–C) groups is 2. The van der Waals surface area contributed by atoms with Crippen LogP contribution >= 0.6 is 0 Å². The van der Waals surface area contributed by atoms with Gasteiger partial charge in [0.15, 0.2) is 0 Å². The van der Waals surface area contributed by atoms with Gasteiger partial charge in [-0.2, -0.15) is 9.98 Å². The van der Waals surface area contributed by atoms with E-state index in [9.17, 15) is 9.59 Å². The fourth-order valence-electron chi connectivity index (χ4n) is 2.64. The molecular weight excluding hydrogens is 276 g/mol. The molecule has 110 valence electrons. The number of aryl methyl sites for hydroxylation is 1. The zero-order valence-corrected chi connectivity index (χ0v) is 12.6. The van der Waals surface area contributed by atoms with E-state index < -0.39 is 0 Å². The van der Waals surface area contributed by atoms with Gasteiger partial charge in [-0.1, -0.05) is 44.2 Å². The smallest absolute Gasteiger partial charge is 0.211 e. The van der Waals surface area contributed by atoms with Gasteiger partial charge in [-0.15, -0.1) is 0 Å². The average Bonchev–Trinajstić information content (AvgIpc) is 2.56. The average molecular weight is 292 g/mol. The molecule has 4 nitrogen and oxygen atoms in total. The standard InChI is InChI=1S/C18H16N2O2/c1-3-13-7-5-6-8-15(13)16-9-10-17(19-11-21)18(20-12-22)14(16)4-2/h5-10H,3-4H2,1-2H3. The molecule has 4 heteroatoms. The summed E-state index contributed by atoms with van der Waals surface area (Å²) in [6.45, 7) is 4.08. The van der Waals surface area contributed by atoms with Crippen molar-refractivity contribution < 1.29 is 9.59 Å². The number of rotatable bonds is 5. The van der Waals surface area contributed by atoms with Gasteiger partial charge in [0.1, 0.15) is 11.4 Å². The highest BCUT2D eigenvalue weighted by molar-refractivity contribution is 5.82. The Morgan fingerprint density at radius 3 is 2.23 bits per heavy atom. The number of nitrogens with zero attached hydrogens (tertiary/aromatic N) is 2. The SMILES string of the molecule is CCc1ccccc1-c1ccc(N=C=O)c(N=C=O)c1CC. The first-order chi connectivity index (χ1) is 10.8. The van der Waals surface area contributed by atoms with Crippen molar-refractivity contribution in [2.24, 2.45) is 9.98 Å². The lowest BCUT2D eigenvalue weighted by atomic mass is 9.91. The summed E-state index contributed by atoms with van der Waals surface area (Å²) in [5.74, 6) is 0. The van der Waals surface area contributed by atoms with Crippen molar-refractivity contribution in [1.82, 2.24) is 0 Å². The maximum absolute atomic E-state index is 10.7. The Balaban J connectivity index is 2.80. The zero-order chi connectivity index (χ0) is 15.9. The quantitative estimate of drug-likeness (QED) is 0.605. The molecule has 22 heavy (non-hydrogen) atoms. The van der Waals surface area contributed by atoms with Crippen LogP contribution in [0.25, 0.3) is 11.1 Å². The zero-order valence-electron chi connectivity index (χ0n) is 12.6. The topological polar surface area (TPSA) is 58.9 Å². The lowest BCUT2D eigenvalue weighted by molar-refractivity contribution is 0.564. The molecule has 2 aromatic carbocycles. The maximum Gasteiger partial charge on any atom is 0.240 e. The normalized spacial score (nSPS) is 9.73. The molecular formula is C18H16N2O2. The van der Waals surface area contributed by atoms with Gasteiger partial charge in [0.05, 0.1) is 0 Å². The monoisotopic (exact) mass is 292 g/mol. The van der Waals surface area contributed by atoms with E-state index in [1.165, 1.54) is 11.6 Å². The van der Waals surface area contributed by atoms with Crippen molar-refractivity contribution in [1.29, 1.82) is 0 Å². The van der Waals surface area contributed by atoms with Crippen molar-refractivity contribution in [2.45, 2.75) is 26.7 Å². The molecule has 0 saturated heterocycles. The van der Waals surface area contributed by atoms with E-state index in [0.29, 0.717) is 17.8 Å². The van der Waals surface area contributed by atoms with Gasteiger partial charge >= 0.3 is 0 Å². The first-order valence-corrected chi connectivity index (χ1v) is 7.16. The van der Waals surface area contributed by atoms with E-state index in [2.05, 4.69) is 23.0 Å². The fraction of sp³-hybridized carbons (Fsp3) is 0.222. The molecule has 0 aliphatic rings. The highest BCUT2D eigenvalue weighted by Gasteiger charge is 2.14. The second-order valence-electron chi connectivity index (χ2n) is 4.73. The van der Waals surface area contributed by atoms with E-state index in [0.717, 1.165) is 23.1 Å². The molecule has 0 aliphatic heterocycles. The van der Waals surface area contributed by atoms with E-state index in [-0.39, 0.29) is 0 Å². The lowest BCUT2D eigenvalue weighted by Gasteiger charge is -2.14. The van der Waals surface area contributed by atoms with E-state index in [1.807, 2.05) is 31.2 Å². The van der Waals surface area contributed by atoms with Crippen molar-refractivity contribution in [2.75, 3.05) is 0 Å². The third-order valence-corrected chi connectivity index (χ3v) is 3.63. The Morgan fingerprint density at radius 1 is 0.864 bits per heavy atom. The second kappa shape index (κ2) is 7.28. The third-order valence-electron chi connectivity index (χ3n) is 3.63. The van der Waals surface area contributed by atoms with Gasteiger partial charge in [-0.25, -0.2) is 9.59 Å². The summed E-state index contributed by atoms with van der Waals surface area (Å²) in [6.07, 6.45) is 4.62. The minimum absolute atomic E-state index is 0.341. The van der Waals surface area contributed by atoms with Crippen LogP contribution in [0.5, 0.6) is 0 Å². The molecule has 0 fully saturated rings. The molecule has 2 aromatic rings. The molecule has 0 aliphatic carbocycles. The van der Waals surface area contributed by atoms with Crippen molar-refractivity contribution in [3.8, 4) is 11.1 Å². The number of hydrogen-bond donors (Lipinski definition) is 0. The van der Waals surface area contributed by atoms with Gasteiger partial charge in [-0.3, -0.25) is 0 Å². The Labute approximate surface area is 129 Å². The Morgan fingerprint density at radius 2 is 1.59 bits per heavy atom. The van der Waals surface area contributed by atoms with Gasteiger partial charge in [0.25, 0.3) is 0 Å². The molecule has 0 aromatic heterocycles. The minimum Gasteiger partial charge on any atom is -0.211 e. The number of benzene rings is 2. The molecule has 0 saturated carbocycles. The predicted octanol–water partition coefficient (Wildman–Crippen LogP) is 4.41. The van der Waals surface area contributed by atoms with Crippen molar-refractivity contribution in [3.63, 3.8) is 0 Å². The Hall–Kier alpha value is -2.80. The summed E-state index contributed by atoms with van der Waals surface area (Å²) in [6, 6.07) is 11.7. The maximum atomic E-state index is 10.7. The molecule has 2 rings (SSSR count). The number of isocyanates is 2. The van der Waals surface area contributed by atoms with Crippen LogP contribution < -0.4 is 0 Å². The highest BCUT2D eigenvalue weighted by atomic mass is 16.1. The molecule has 0 spiro atoms. The molecule has 0 amide bonds. The van der Waals surface area contributed by atoms with E-state index in [4.69, 9.17) is 0 Å². The van der Waals surface area contributed by atoms with Crippen molar-refractivity contribution >= 4 is 23.5 Å². The van der Waals surface area contributed by atoms with Crippen LogP contribution in [0.15, 0.2) is 46.4 Å². The third kappa shape index (κ3) is 2.94. The predicted molar refractivity (Wildman–Crippen MR) is 86.2 cm³/mol. The number of carbonyl (C=O) groups excluding carboxylic acids is 2. The highest BCUT2D eigenvalue weighted by Crippen LogP contribution is 2.39. The van der Waals surface area contributed by atoms with E-state index in [1.54, 1.807) is 12.1 Å². The second-order valence-corrected chi connectivity index (χ2v) is 4.73. The van der Waals surface area contributed by atoms with Crippen LogP contribution in [0.2, 0.25) is 0 Å². The van der Waals surface area contributed by atoms with Gasteiger partial charge in [0, 0.05) is 0 Å². The molecule has 0 N–H and O–H groups in total. The Bertz CT molecular complexity index is 784. The molecule has 0 heterocycles. The summed E-state index contributed by atoms with van der Waals surface area (Å²) in [7, 11) is 0. The van der Waals surface area contributed by atoms with Gasteiger partial charge < -0.3 is 0 Å². The Kier molecular flexibility index (Phi) is 5.16. The van der Waals surface area contributed by atoms with Gasteiger partial charge in [0.2, 0.25) is 12.2 Å².